The van der Waals surface area contributed by atoms with Crippen LogP contribution >= 0.6 is 23.2 Å². The van der Waals surface area contributed by atoms with Crippen LogP contribution in [0.5, 0.6) is 11.5 Å². The number of nitrogens with one attached hydrogen (secondary N) is 1. The van der Waals surface area contributed by atoms with Crippen LogP contribution in [0.25, 0.3) is 22.3 Å². The van der Waals surface area contributed by atoms with Crippen LogP contribution in [-0.2, 0) is 0 Å². The molecule has 6 nitrogen and oxygen atoms in total. The van der Waals surface area contributed by atoms with Gasteiger partial charge in [0.05, 0.1) is 21.8 Å². The van der Waals surface area contributed by atoms with Gasteiger partial charge in [-0.3, -0.25) is 5.43 Å². The first-order chi connectivity index (χ1) is 14.0. The van der Waals surface area contributed by atoms with Gasteiger partial charge in [0.15, 0.2) is 11.6 Å². The summed E-state index contributed by atoms with van der Waals surface area (Å²) in [6.45, 7) is 0. The van der Waals surface area contributed by atoms with Crippen molar-refractivity contribution in [2.45, 2.75) is 0 Å². The van der Waals surface area contributed by atoms with Crippen molar-refractivity contribution < 1.29 is 10.2 Å². The lowest BCUT2D eigenvalue weighted by Crippen LogP contribution is -1.99. The van der Waals surface area contributed by atoms with Gasteiger partial charge in [0.2, 0.25) is 0 Å². The minimum Gasteiger partial charge on any atom is -0.508 e. The van der Waals surface area contributed by atoms with Gasteiger partial charge in [0.1, 0.15) is 11.5 Å². The second-order valence-electron chi connectivity index (χ2n) is 6.15. The van der Waals surface area contributed by atoms with Crippen molar-refractivity contribution in [3.05, 3.63) is 76.3 Å². The summed E-state index contributed by atoms with van der Waals surface area (Å²) in [5.74, 6) is 0.846. The fourth-order valence-electron chi connectivity index (χ4n) is 2.73. The first kappa shape index (κ1) is 19.0. The number of phenolic OH excluding ortho intramolecular Hbond substituents is 2. The lowest BCUT2D eigenvalue weighted by Gasteiger charge is -2.09. The Hall–Kier alpha value is -3.35. The number of phenols is 2. The maximum absolute atomic E-state index is 9.87. The Bertz CT molecular complexity index is 1240. The number of anilines is 1. The van der Waals surface area contributed by atoms with E-state index in [1.807, 2.05) is 24.3 Å². The van der Waals surface area contributed by atoms with Gasteiger partial charge < -0.3 is 10.2 Å². The highest BCUT2D eigenvalue weighted by Crippen LogP contribution is 2.29. The van der Waals surface area contributed by atoms with Crippen molar-refractivity contribution in [1.82, 2.24) is 9.97 Å². The predicted octanol–water partition coefficient (Wildman–Crippen LogP) is 5.46. The lowest BCUT2D eigenvalue weighted by atomic mass is 10.2. The minimum atomic E-state index is -0.0837. The molecule has 0 fully saturated rings. The molecule has 0 aliphatic carbocycles. The number of hydrogen-bond donors (Lipinski definition) is 3. The number of para-hydroxylation sites is 1. The van der Waals surface area contributed by atoms with Gasteiger partial charge >= 0.3 is 0 Å². The zero-order valence-electron chi connectivity index (χ0n) is 14.8. The molecule has 144 valence electrons. The van der Waals surface area contributed by atoms with Crippen LogP contribution in [0.3, 0.4) is 0 Å². The Kier molecular flexibility index (Phi) is 5.20. The number of hydrazone groups is 1. The summed E-state index contributed by atoms with van der Waals surface area (Å²) in [7, 11) is 0. The molecule has 0 atom stereocenters. The zero-order valence-corrected chi connectivity index (χ0v) is 16.4. The Morgan fingerprint density at radius 2 is 1.72 bits per heavy atom. The molecule has 1 heterocycles. The Balaban J connectivity index is 1.72. The summed E-state index contributed by atoms with van der Waals surface area (Å²) < 4.78 is 0. The topological polar surface area (TPSA) is 90.6 Å². The van der Waals surface area contributed by atoms with Crippen LogP contribution in [0.4, 0.5) is 5.82 Å². The standard InChI is InChI=1S/C21H14Cl2N4O2/c22-16-8-6-12(9-17(16)23)20-25-18-4-2-1-3-15(18)21(26-20)27-24-11-13-5-7-14(28)10-19(13)29/h1-11,28-29H,(H,25,26,27). The van der Waals surface area contributed by atoms with Gasteiger partial charge in [-0.15, -0.1) is 0 Å². The number of nitrogens with zero attached hydrogens (tertiary/aromatic N) is 3. The van der Waals surface area contributed by atoms with E-state index in [-0.39, 0.29) is 11.5 Å². The van der Waals surface area contributed by atoms with Crippen LogP contribution in [0.15, 0.2) is 65.8 Å². The van der Waals surface area contributed by atoms with E-state index >= 15 is 0 Å². The Morgan fingerprint density at radius 1 is 0.897 bits per heavy atom. The molecule has 3 N–H and O–H groups in total. The average molecular weight is 425 g/mol. The smallest absolute Gasteiger partial charge is 0.162 e. The first-order valence-electron chi connectivity index (χ1n) is 8.54. The molecule has 3 aromatic carbocycles. The molecule has 0 aliphatic heterocycles. The van der Waals surface area contributed by atoms with Crippen LogP contribution in [0, 0.1) is 0 Å². The van der Waals surface area contributed by atoms with E-state index in [0.717, 1.165) is 10.9 Å². The molecule has 0 bridgehead atoms. The number of aromatic nitrogens is 2. The minimum absolute atomic E-state index is 0.0272. The van der Waals surface area contributed by atoms with E-state index in [0.29, 0.717) is 32.8 Å². The quantitative estimate of drug-likeness (QED) is 0.298. The van der Waals surface area contributed by atoms with E-state index in [4.69, 9.17) is 23.2 Å². The van der Waals surface area contributed by atoms with Crippen LogP contribution in [0.2, 0.25) is 10.0 Å². The maximum Gasteiger partial charge on any atom is 0.162 e. The largest absolute Gasteiger partial charge is 0.508 e. The zero-order chi connectivity index (χ0) is 20.4. The van der Waals surface area contributed by atoms with Crippen molar-refractivity contribution in [3.63, 3.8) is 0 Å². The van der Waals surface area contributed by atoms with Gasteiger partial charge in [-0.1, -0.05) is 35.3 Å². The molecule has 0 aliphatic rings. The van der Waals surface area contributed by atoms with Crippen molar-refractivity contribution in [3.8, 4) is 22.9 Å². The molecular weight excluding hydrogens is 411 g/mol. The number of aromatic hydroxyl groups is 2. The Morgan fingerprint density at radius 3 is 2.52 bits per heavy atom. The highest BCUT2D eigenvalue weighted by Gasteiger charge is 2.10. The third kappa shape index (κ3) is 4.08. The van der Waals surface area contributed by atoms with Crippen molar-refractivity contribution in [2.75, 3.05) is 5.43 Å². The van der Waals surface area contributed by atoms with Gasteiger partial charge in [0, 0.05) is 22.6 Å². The van der Waals surface area contributed by atoms with Gasteiger partial charge in [-0.05, 0) is 42.5 Å². The maximum atomic E-state index is 9.87. The molecular formula is C21H14Cl2N4O2. The number of hydrogen-bond acceptors (Lipinski definition) is 6. The average Bonchev–Trinajstić information content (AvgIpc) is 2.71. The third-order valence-electron chi connectivity index (χ3n) is 4.17. The van der Waals surface area contributed by atoms with Gasteiger partial charge in [-0.2, -0.15) is 5.10 Å². The summed E-state index contributed by atoms with van der Waals surface area (Å²) in [5, 5.41) is 25.1. The number of rotatable bonds is 4. The van der Waals surface area contributed by atoms with Crippen molar-refractivity contribution >= 4 is 46.1 Å². The summed E-state index contributed by atoms with van der Waals surface area (Å²) >= 11 is 12.1. The Labute approximate surface area is 176 Å². The molecule has 0 spiro atoms. The van der Waals surface area contributed by atoms with Gasteiger partial charge in [-0.25, -0.2) is 9.97 Å². The number of fused-ring (bicyclic) bond motifs is 1. The summed E-state index contributed by atoms with van der Waals surface area (Å²) in [6.07, 6.45) is 1.44. The van der Waals surface area contributed by atoms with Crippen LogP contribution in [-0.4, -0.2) is 26.4 Å². The molecule has 1 aromatic heterocycles. The van der Waals surface area contributed by atoms with E-state index in [9.17, 15) is 10.2 Å². The molecule has 0 radical (unpaired) electrons. The molecule has 0 saturated heterocycles. The van der Waals surface area contributed by atoms with Crippen molar-refractivity contribution in [1.29, 1.82) is 0 Å². The highest BCUT2D eigenvalue weighted by atomic mass is 35.5. The highest BCUT2D eigenvalue weighted by molar-refractivity contribution is 6.42. The molecule has 0 saturated carbocycles. The predicted molar refractivity (Wildman–Crippen MR) is 116 cm³/mol. The summed E-state index contributed by atoms with van der Waals surface area (Å²) in [4.78, 5) is 9.16. The monoisotopic (exact) mass is 424 g/mol. The van der Waals surface area contributed by atoms with E-state index < -0.39 is 0 Å². The third-order valence-corrected chi connectivity index (χ3v) is 4.91. The second-order valence-corrected chi connectivity index (χ2v) is 6.97. The van der Waals surface area contributed by atoms with Crippen molar-refractivity contribution in [2.24, 2.45) is 5.10 Å². The molecule has 29 heavy (non-hydrogen) atoms. The molecule has 4 aromatic rings. The van der Waals surface area contributed by atoms with E-state index in [2.05, 4.69) is 20.5 Å². The SMILES string of the molecule is Oc1ccc(C=NNc2nc(-c3ccc(Cl)c(Cl)c3)nc3ccccc23)c(O)c1. The molecule has 0 amide bonds. The number of benzene rings is 3. The van der Waals surface area contributed by atoms with E-state index in [1.54, 1.807) is 24.3 Å². The molecule has 8 heteroatoms. The molecule has 4 rings (SSSR count). The van der Waals surface area contributed by atoms with E-state index in [1.165, 1.54) is 18.3 Å². The second kappa shape index (κ2) is 7.95. The lowest BCUT2D eigenvalue weighted by molar-refractivity contribution is 0.450. The summed E-state index contributed by atoms with van der Waals surface area (Å²) in [5.41, 5.74) is 4.79. The normalized spacial score (nSPS) is 11.2. The fraction of sp³-hybridized carbons (Fsp3) is 0. The number of halogens is 2. The van der Waals surface area contributed by atoms with Crippen LogP contribution in [0.1, 0.15) is 5.56 Å². The first-order valence-corrected chi connectivity index (χ1v) is 9.30. The van der Waals surface area contributed by atoms with Gasteiger partial charge in [0.25, 0.3) is 0 Å². The molecule has 0 unspecified atom stereocenters. The van der Waals surface area contributed by atoms with Crippen LogP contribution < -0.4 is 5.43 Å². The summed E-state index contributed by atoms with van der Waals surface area (Å²) in [6, 6.07) is 17.0. The fourth-order valence-corrected chi connectivity index (χ4v) is 3.03.